The maximum Gasteiger partial charge on any atom is 0.208 e. The number of hydrogen-bond acceptors (Lipinski definition) is 3. The molecule has 19 heavy (non-hydrogen) atoms. The minimum absolute atomic E-state index is 0.00404. The summed E-state index contributed by atoms with van der Waals surface area (Å²) in [7, 11) is 0. The topological polar surface area (TPSA) is 38.1 Å². The average Bonchev–Trinajstić information content (AvgIpc) is 2.72. The highest BCUT2D eigenvalue weighted by Crippen LogP contribution is 2.22. The fourth-order valence-corrected chi connectivity index (χ4v) is 1.74. The third kappa shape index (κ3) is 3.89. The van der Waals surface area contributed by atoms with Gasteiger partial charge >= 0.3 is 0 Å². The second-order valence-corrected chi connectivity index (χ2v) is 5.74. The summed E-state index contributed by atoms with van der Waals surface area (Å²) in [5, 5.41) is 3.30. The van der Waals surface area contributed by atoms with Crippen LogP contribution in [0.3, 0.4) is 0 Å². The van der Waals surface area contributed by atoms with Crippen LogP contribution in [0.2, 0.25) is 0 Å². The maximum atomic E-state index is 13.4. The second-order valence-electron chi connectivity index (χ2n) is 5.74. The van der Waals surface area contributed by atoms with Crippen molar-refractivity contribution in [3.8, 4) is 11.3 Å². The molecule has 1 aromatic heterocycles. The Balaban J connectivity index is 2.16. The van der Waals surface area contributed by atoms with Gasteiger partial charge in [-0.1, -0.05) is 0 Å². The first-order chi connectivity index (χ1) is 8.83. The van der Waals surface area contributed by atoms with E-state index in [1.54, 1.807) is 6.20 Å². The molecule has 0 saturated heterocycles. The molecular weight excluding hydrogens is 243 g/mol. The molecule has 0 aliphatic heterocycles. The van der Waals surface area contributed by atoms with Crippen LogP contribution in [0.4, 0.5) is 4.39 Å². The summed E-state index contributed by atoms with van der Waals surface area (Å²) in [6, 6.07) is 4.82. The van der Waals surface area contributed by atoms with Gasteiger partial charge in [0.25, 0.3) is 0 Å². The monoisotopic (exact) mass is 262 g/mol. The quantitative estimate of drug-likeness (QED) is 0.917. The van der Waals surface area contributed by atoms with Crippen LogP contribution in [0.25, 0.3) is 11.3 Å². The molecule has 2 rings (SSSR count). The first-order valence-electron chi connectivity index (χ1n) is 6.31. The van der Waals surface area contributed by atoms with E-state index in [2.05, 4.69) is 31.1 Å². The van der Waals surface area contributed by atoms with E-state index in [1.807, 2.05) is 13.0 Å². The highest BCUT2D eigenvalue weighted by atomic mass is 19.1. The first-order valence-corrected chi connectivity index (χ1v) is 6.31. The summed E-state index contributed by atoms with van der Waals surface area (Å²) in [5.74, 6) is 0.931. The van der Waals surface area contributed by atoms with Crippen molar-refractivity contribution in [2.75, 3.05) is 0 Å². The summed E-state index contributed by atoms with van der Waals surface area (Å²) >= 11 is 0. The summed E-state index contributed by atoms with van der Waals surface area (Å²) in [6.07, 6.45) is 1.63. The van der Waals surface area contributed by atoms with Crippen LogP contribution < -0.4 is 5.32 Å². The van der Waals surface area contributed by atoms with Crippen molar-refractivity contribution in [2.24, 2.45) is 0 Å². The fourth-order valence-electron chi connectivity index (χ4n) is 1.74. The number of rotatable bonds is 3. The number of aromatic nitrogens is 1. The number of benzene rings is 1. The molecule has 0 radical (unpaired) electrons. The molecule has 0 bridgehead atoms. The fraction of sp³-hybridized carbons (Fsp3) is 0.400. The summed E-state index contributed by atoms with van der Waals surface area (Å²) < 4.78 is 19.0. The van der Waals surface area contributed by atoms with Crippen LogP contribution in [-0.2, 0) is 6.54 Å². The number of aryl methyl sites for hydroxylation is 1. The standard InChI is InChI=1S/C15H19FN2O/c1-10-5-11(7-12(16)6-10)13-8-17-14(19-13)9-18-15(2,3)4/h5-8,18H,9H2,1-4H3. The Hall–Kier alpha value is -1.68. The summed E-state index contributed by atoms with van der Waals surface area (Å²) in [5.41, 5.74) is 1.58. The molecule has 1 aromatic carbocycles. The molecule has 2 aromatic rings. The van der Waals surface area contributed by atoms with Crippen molar-refractivity contribution < 1.29 is 8.81 Å². The van der Waals surface area contributed by atoms with Crippen LogP contribution in [0, 0.1) is 12.7 Å². The zero-order chi connectivity index (χ0) is 14.0. The lowest BCUT2D eigenvalue weighted by atomic mass is 10.1. The van der Waals surface area contributed by atoms with Crippen LogP contribution in [0.1, 0.15) is 32.2 Å². The average molecular weight is 262 g/mol. The molecule has 0 aliphatic carbocycles. The molecule has 0 saturated carbocycles. The molecule has 1 N–H and O–H groups in total. The Morgan fingerprint density at radius 1 is 1.26 bits per heavy atom. The van der Waals surface area contributed by atoms with Gasteiger partial charge in [0.1, 0.15) is 5.82 Å². The number of nitrogens with zero attached hydrogens (tertiary/aromatic N) is 1. The van der Waals surface area contributed by atoms with E-state index in [9.17, 15) is 4.39 Å². The normalized spacial score (nSPS) is 11.8. The molecule has 4 heteroatoms. The van der Waals surface area contributed by atoms with Gasteiger partial charge in [-0.25, -0.2) is 9.37 Å². The van der Waals surface area contributed by atoms with Crippen LogP contribution in [0.15, 0.2) is 28.8 Å². The lowest BCUT2D eigenvalue weighted by Gasteiger charge is -2.18. The Bertz CT molecular complexity index is 550. The van der Waals surface area contributed by atoms with Crippen molar-refractivity contribution in [3.63, 3.8) is 0 Å². The Kier molecular flexibility index (Phi) is 3.71. The zero-order valence-electron chi connectivity index (χ0n) is 11.7. The van der Waals surface area contributed by atoms with Gasteiger partial charge in [-0.05, 0) is 51.5 Å². The van der Waals surface area contributed by atoms with Crippen molar-refractivity contribution in [1.29, 1.82) is 0 Å². The molecule has 0 spiro atoms. The van der Waals surface area contributed by atoms with Crippen LogP contribution in [0.5, 0.6) is 0 Å². The lowest BCUT2D eigenvalue weighted by molar-refractivity contribution is 0.383. The van der Waals surface area contributed by atoms with Gasteiger partial charge in [0.15, 0.2) is 5.76 Å². The smallest absolute Gasteiger partial charge is 0.208 e. The van der Waals surface area contributed by atoms with E-state index >= 15 is 0 Å². The molecule has 102 valence electrons. The van der Waals surface area contributed by atoms with Crippen molar-refractivity contribution in [1.82, 2.24) is 10.3 Å². The third-order valence-electron chi connectivity index (χ3n) is 2.65. The molecular formula is C15H19FN2O. The van der Waals surface area contributed by atoms with Crippen molar-refractivity contribution in [2.45, 2.75) is 39.8 Å². The predicted octanol–water partition coefficient (Wildman–Crippen LogP) is 3.68. The number of oxazole rings is 1. The van der Waals surface area contributed by atoms with E-state index in [1.165, 1.54) is 12.1 Å². The van der Waals surface area contributed by atoms with Crippen LogP contribution in [-0.4, -0.2) is 10.5 Å². The highest BCUT2D eigenvalue weighted by molar-refractivity contribution is 5.57. The van der Waals surface area contributed by atoms with E-state index in [0.717, 1.165) is 5.56 Å². The van der Waals surface area contributed by atoms with E-state index < -0.39 is 0 Å². The van der Waals surface area contributed by atoms with Gasteiger partial charge in [-0.3, -0.25) is 0 Å². The largest absolute Gasteiger partial charge is 0.439 e. The lowest BCUT2D eigenvalue weighted by Crippen LogP contribution is -2.35. The molecule has 0 amide bonds. The highest BCUT2D eigenvalue weighted by Gasteiger charge is 2.12. The van der Waals surface area contributed by atoms with Crippen molar-refractivity contribution >= 4 is 0 Å². The molecule has 0 aliphatic rings. The van der Waals surface area contributed by atoms with E-state index in [4.69, 9.17) is 4.42 Å². The number of nitrogens with one attached hydrogen (secondary N) is 1. The first kappa shape index (κ1) is 13.7. The number of hydrogen-bond donors (Lipinski definition) is 1. The Morgan fingerprint density at radius 2 is 2.00 bits per heavy atom. The van der Waals surface area contributed by atoms with Crippen LogP contribution >= 0.6 is 0 Å². The molecule has 0 unspecified atom stereocenters. The van der Waals surface area contributed by atoms with Gasteiger partial charge in [0.05, 0.1) is 12.7 Å². The van der Waals surface area contributed by atoms with Gasteiger partial charge < -0.3 is 9.73 Å². The minimum Gasteiger partial charge on any atom is -0.439 e. The maximum absolute atomic E-state index is 13.4. The zero-order valence-corrected chi connectivity index (χ0v) is 11.7. The molecule has 1 heterocycles. The molecule has 0 fully saturated rings. The van der Waals surface area contributed by atoms with E-state index in [0.29, 0.717) is 23.8 Å². The van der Waals surface area contributed by atoms with Gasteiger partial charge in [-0.15, -0.1) is 0 Å². The third-order valence-corrected chi connectivity index (χ3v) is 2.65. The molecule has 3 nitrogen and oxygen atoms in total. The van der Waals surface area contributed by atoms with Gasteiger partial charge in [0, 0.05) is 11.1 Å². The Labute approximate surface area is 112 Å². The minimum atomic E-state index is -0.263. The van der Waals surface area contributed by atoms with Gasteiger partial charge in [-0.2, -0.15) is 0 Å². The van der Waals surface area contributed by atoms with Crippen molar-refractivity contribution in [3.05, 3.63) is 41.7 Å². The molecule has 0 atom stereocenters. The second kappa shape index (κ2) is 5.13. The summed E-state index contributed by atoms with van der Waals surface area (Å²) in [4.78, 5) is 4.20. The predicted molar refractivity (Wildman–Crippen MR) is 73.2 cm³/mol. The Morgan fingerprint density at radius 3 is 2.63 bits per heavy atom. The SMILES string of the molecule is Cc1cc(F)cc(-c2cnc(CNC(C)(C)C)o2)c1. The summed E-state index contributed by atoms with van der Waals surface area (Å²) in [6.45, 7) is 8.63. The number of halogens is 1. The van der Waals surface area contributed by atoms with E-state index in [-0.39, 0.29) is 11.4 Å². The van der Waals surface area contributed by atoms with Gasteiger partial charge in [0.2, 0.25) is 5.89 Å².